The molecule has 0 heterocycles. The molecule has 4 heteroatoms. The van der Waals surface area contributed by atoms with Crippen LogP contribution in [0.25, 0.3) is 6.08 Å². The largest absolute Gasteiger partial charge is 0.478 e. The maximum Gasteiger partial charge on any atom is 0.328 e. The Bertz CT molecular complexity index is 510. The number of nitrogens with zero attached hydrogens (tertiary/aromatic N) is 1. The molecular weight excluding hydrogens is 206 g/mol. The van der Waals surface area contributed by atoms with Gasteiger partial charge in [0.25, 0.3) is 0 Å². The van der Waals surface area contributed by atoms with Gasteiger partial charge in [-0.15, -0.1) is 0 Å². The summed E-state index contributed by atoms with van der Waals surface area (Å²) in [5, 5.41) is 17.4. The molecule has 1 aromatic carbocycles. The fraction of sp³-hybridized carbons (Fsp3) is 0.0833. The normalized spacial score (nSPS) is 10.0. The molecule has 4 nitrogen and oxygen atoms in total. The molecule has 80 valence electrons. The van der Waals surface area contributed by atoms with E-state index in [1.165, 1.54) is 6.08 Å². The number of aliphatic carboxylic acids is 1. The second kappa shape index (κ2) is 4.89. The number of hydrogen-bond acceptors (Lipinski definition) is 3. The van der Waals surface area contributed by atoms with Crippen molar-refractivity contribution in [1.29, 1.82) is 5.26 Å². The third-order valence-electron chi connectivity index (χ3n) is 2.12. The van der Waals surface area contributed by atoms with Crippen molar-refractivity contribution in [2.45, 2.75) is 6.92 Å². The Morgan fingerprint density at radius 3 is 2.69 bits per heavy atom. The van der Waals surface area contributed by atoms with Gasteiger partial charge in [-0.3, -0.25) is 4.79 Å². The van der Waals surface area contributed by atoms with E-state index in [1.807, 2.05) is 6.07 Å². The molecule has 0 aliphatic rings. The predicted octanol–water partition coefficient (Wildman–Crippen LogP) is 1.78. The van der Waals surface area contributed by atoms with Gasteiger partial charge in [-0.25, -0.2) is 4.79 Å². The predicted molar refractivity (Wildman–Crippen MR) is 58.0 cm³/mol. The fourth-order valence-electron chi connectivity index (χ4n) is 1.33. The Morgan fingerprint density at radius 2 is 2.19 bits per heavy atom. The highest BCUT2D eigenvalue weighted by molar-refractivity contribution is 5.91. The molecule has 1 rings (SSSR count). The Morgan fingerprint density at radius 1 is 1.50 bits per heavy atom. The number of carboxylic acid groups (broad SMARTS) is 1. The highest BCUT2D eigenvalue weighted by atomic mass is 16.4. The van der Waals surface area contributed by atoms with E-state index in [2.05, 4.69) is 0 Å². The van der Waals surface area contributed by atoms with E-state index in [9.17, 15) is 9.59 Å². The Balaban J connectivity index is 3.37. The number of aryl methyl sites for hydroxylation is 1. The lowest BCUT2D eigenvalue weighted by Crippen LogP contribution is -1.96. The molecular formula is C12H9NO3. The van der Waals surface area contributed by atoms with Crippen molar-refractivity contribution in [3.8, 4) is 6.07 Å². The van der Waals surface area contributed by atoms with E-state index >= 15 is 0 Å². The number of carboxylic acids is 1. The molecule has 0 aliphatic carbocycles. The highest BCUT2D eigenvalue weighted by Gasteiger charge is 2.08. The number of benzene rings is 1. The lowest BCUT2D eigenvalue weighted by Gasteiger charge is -2.04. The molecule has 0 bridgehead atoms. The van der Waals surface area contributed by atoms with Gasteiger partial charge in [0.2, 0.25) is 0 Å². The van der Waals surface area contributed by atoms with E-state index in [1.54, 1.807) is 19.1 Å². The summed E-state index contributed by atoms with van der Waals surface area (Å²) in [5.74, 6) is -1.10. The Labute approximate surface area is 92.4 Å². The van der Waals surface area contributed by atoms with E-state index in [-0.39, 0.29) is 11.1 Å². The third-order valence-corrected chi connectivity index (χ3v) is 2.12. The van der Waals surface area contributed by atoms with Crippen LogP contribution in [0, 0.1) is 18.3 Å². The van der Waals surface area contributed by atoms with Crippen molar-refractivity contribution in [2.75, 3.05) is 0 Å². The van der Waals surface area contributed by atoms with E-state index < -0.39 is 5.97 Å². The molecule has 0 amide bonds. The van der Waals surface area contributed by atoms with Crippen LogP contribution in [0.2, 0.25) is 0 Å². The second-order valence-electron chi connectivity index (χ2n) is 3.16. The van der Waals surface area contributed by atoms with E-state index in [4.69, 9.17) is 10.4 Å². The monoisotopic (exact) mass is 215 g/mol. The fourth-order valence-corrected chi connectivity index (χ4v) is 1.33. The first-order chi connectivity index (χ1) is 7.60. The maximum absolute atomic E-state index is 10.9. The van der Waals surface area contributed by atoms with Crippen molar-refractivity contribution in [2.24, 2.45) is 0 Å². The van der Waals surface area contributed by atoms with Gasteiger partial charge in [-0.2, -0.15) is 5.26 Å². The second-order valence-corrected chi connectivity index (χ2v) is 3.16. The van der Waals surface area contributed by atoms with Gasteiger partial charge in [-0.1, -0.05) is 12.1 Å². The summed E-state index contributed by atoms with van der Waals surface area (Å²) < 4.78 is 0. The highest BCUT2D eigenvalue weighted by Crippen LogP contribution is 2.17. The number of aldehydes is 1. The van der Waals surface area contributed by atoms with Gasteiger partial charge in [0.05, 0.1) is 5.56 Å². The van der Waals surface area contributed by atoms with Crippen LogP contribution in [-0.4, -0.2) is 17.4 Å². The standard InChI is InChI=1S/C12H9NO3/c1-8-2-3-9(4-5-12(15)16)11(7-14)10(8)6-13/h2-5,7H,1H3,(H,15,16)/b5-4+. The van der Waals surface area contributed by atoms with Crippen LogP contribution in [0.15, 0.2) is 18.2 Å². The summed E-state index contributed by atoms with van der Waals surface area (Å²) in [7, 11) is 0. The summed E-state index contributed by atoms with van der Waals surface area (Å²) in [4.78, 5) is 21.2. The zero-order chi connectivity index (χ0) is 12.1. The molecule has 0 unspecified atom stereocenters. The minimum Gasteiger partial charge on any atom is -0.478 e. The molecule has 1 N–H and O–H groups in total. The first-order valence-electron chi connectivity index (χ1n) is 4.50. The van der Waals surface area contributed by atoms with Gasteiger partial charge in [-0.05, 0) is 24.1 Å². The number of hydrogen-bond donors (Lipinski definition) is 1. The zero-order valence-corrected chi connectivity index (χ0v) is 8.60. The van der Waals surface area contributed by atoms with Gasteiger partial charge in [0.1, 0.15) is 6.07 Å². The number of carbonyl (C=O) groups excluding carboxylic acids is 1. The molecule has 0 aromatic heterocycles. The summed E-state index contributed by atoms with van der Waals surface area (Å²) >= 11 is 0. The van der Waals surface area contributed by atoms with Crippen molar-refractivity contribution >= 4 is 18.3 Å². The molecule has 0 radical (unpaired) electrons. The van der Waals surface area contributed by atoms with Crippen molar-refractivity contribution in [1.82, 2.24) is 0 Å². The van der Waals surface area contributed by atoms with Crippen LogP contribution < -0.4 is 0 Å². The summed E-state index contributed by atoms with van der Waals surface area (Å²) in [6.07, 6.45) is 2.79. The van der Waals surface area contributed by atoms with Crippen LogP contribution in [0.5, 0.6) is 0 Å². The topological polar surface area (TPSA) is 78.2 Å². The summed E-state index contributed by atoms with van der Waals surface area (Å²) in [6.45, 7) is 1.72. The van der Waals surface area contributed by atoms with Crippen molar-refractivity contribution in [3.05, 3.63) is 40.5 Å². The lowest BCUT2D eigenvalue weighted by molar-refractivity contribution is -0.131. The molecule has 0 spiro atoms. The Kier molecular flexibility index (Phi) is 3.57. The molecule has 0 atom stereocenters. The van der Waals surface area contributed by atoms with Crippen LogP contribution in [0.3, 0.4) is 0 Å². The van der Waals surface area contributed by atoms with E-state index in [0.29, 0.717) is 17.4 Å². The minimum absolute atomic E-state index is 0.222. The maximum atomic E-state index is 10.9. The van der Waals surface area contributed by atoms with E-state index in [0.717, 1.165) is 6.08 Å². The summed E-state index contributed by atoms with van der Waals surface area (Å²) in [5.41, 5.74) is 1.62. The molecule has 1 aromatic rings. The quantitative estimate of drug-likeness (QED) is 0.615. The van der Waals surface area contributed by atoms with Crippen LogP contribution in [0.4, 0.5) is 0 Å². The van der Waals surface area contributed by atoms with Gasteiger partial charge in [0.15, 0.2) is 6.29 Å². The number of carbonyl (C=O) groups is 2. The van der Waals surface area contributed by atoms with Crippen LogP contribution in [-0.2, 0) is 4.79 Å². The smallest absolute Gasteiger partial charge is 0.328 e. The van der Waals surface area contributed by atoms with Gasteiger partial charge in [0, 0.05) is 11.6 Å². The Hall–Kier alpha value is -2.41. The lowest BCUT2D eigenvalue weighted by atomic mass is 9.98. The average molecular weight is 215 g/mol. The number of rotatable bonds is 3. The third kappa shape index (κ3) is 2.34. The minimum atomic E-state index is -1.10. The van der Waals surface area contributed by atoms with Crippen LogP contribution in [0.1, 0.15) is 27.0 Å². The molecule has 0 aliphatic heterocycles. The molecule has 0 saturated heterocycles. The SMILES string of the molecule is Cc1ccc(/C=C/C(=O)O)c(C=O)c1C#N. The zero-order valence-electron chi connectivity index (χ0n) is 8.60. The average Bonchev–Trinajstić information content (AvgIpc) is 2.26. The first-order valence-corrected chi connectivity index (χ1v) is 4.50. The van der Waals surface area contributed by atoms with Gasteiger partial charge >= 0.3 is 5.97 Å². The van der Waals surface area contributed by atoms with Gasteiger partial charge < -0.3 is 5.11 Å². The van der Waals surface area contributed by atoms with Crippen molar-refractivity contribution in [3.63, 3.8) is 0 Å². The first kappa shape index (κ1) is 11.7. The number of nitriles is 1. The molecule has 0 fully saturated rings. The molecule has 16 heavy (non-hydrogen) atoms. The van der Waals surface area contributed by atoms with Crippen molar-refractivity contribution < 1.29 is 14.7 Å². The van der Waals surface area contributed by atoms with Crippen LogP contribution >= 0.6 is 0 Å². The molecule has 0 saturated carbocycles. The summed E-state index contributed by atoms with van der Waals surface area (Å²) in [6, 6.07) is 5.21.